The molecule has 0 aliphatic heterocycles. The summed E-state index contributed by atoms with van der Waals surface area (Å²) >= 11 is 6.15. The van der Waals surface area contributed by atoms with Gasteiger partial charge in [0.25, 0.3) is 0 Å². The third kappa shape index (κ3) is 2.70. The molecule has 2 heterocycles. The molecular weight excluding hydrogens is 362 g/mol. The first-order valence-corrected chi connectivity index (χ1v) is 10.4. The molecule has 2 aromatic rings. The Morgan fingerprint density at radius 1 is 1.26 bits per heavy atom. The summed E-state index contributed by atoms with van der Waals surface area (Å²) in [4.78, 5) is 16.1. The van der Waals surface area contributed by atoms with Gasteiger partial charge >= 0.3 is 5.97 Å². The lowest BCUT2D eigenvalue weighted by molar-refractivity contribution is 0.0526. The molecule has 0 saturated heterocycles. The van der Waals surface area contributed by atoms with E-state index in [4.69, 9.17) is 16.3 Å². The zero-order valence-electron chi connectivity index (χ0n) is 15.6. The minimum atomic E-state index is -0.454. The second-order valence-electron chi connectivity index (χ2n) is 8.24. The van der Waals surface area contributed by atoms with Crippen molar-refractivity contribution < 1.29 is 9.53 Å². The molecule has 0 amide bonds. The van der Waals surface area contributed by atoms with Crippen LogP contribution in [0.25, 0.3) is 5.82 Å². The molecule has 0 N–H and O–H groups in total. The number of esters is 1. The van der Waals surface area contributed by atoms with Crippen LogP contribution in [0.2, 0.25) is 5.15 Å². The number of ether oxygens (including phenoxy) is 1. The monoisotopic (exact) mass is 385 g/mol. The fourth-order valence-corrected chi connectivity index (χ4v) is 5.61. The van der Waals surface area contributed by atoms with E-state index in [1.165, 1.54) is 38.5 Å². The predicted octanol–water partition coefficient (Wildman–Crippen LogP) is 4.61. The number of carbonyl (C=O) groups excluding carboxylic acids is 1. The number of hydrogen-bond donors (Lipinski definition) is 0. The summed E-state index contributed by atoms with van der Waals surface area (Å²) in [5.41, 5.74) is 2.96. The van der Waals surface area contributed by atoms with Crippen LogP contribution in [0.4, 0.5) is 0 Å². The van der Waals surface area contributed by atoms with Crippen LogP contribution in [-0.4, -0.2) is 27.3 Å². The number of aromatic nitrogens is 3. The van der Waals surface area contributed by atoms with Crippen molar-refractivity contribution in [1.29, 1.82) is 0 Å². The lowest BCUT2D eigenvalue weighted by Crippen LogP contribution is -2.08. The Morgan fingerprint density at radius 3 is 2.63 bits per heavy atom. The minimum Gasteiger partial charge on any atom is -0.462 e. The van der Waals surface area contributed by atoms with E-state index >= 15 is 0 Å². The molecule has 2 spiro atoms. The predicted molar refractivity (Wildman–Crippen MR) is 102 cm³/mol. The van der Waals surface area contributed by atoms with Crippen LogP contribution < -0.4 is 0 Å². The maximum absolute atomic E-state index is 11.8. The highest BCUT2D eigenvalue weighted by Gasteiger charge is 2.85. The van der Waals surface area contributed by atoms with Gasteiger partial charge in [0.2, 0.25) is 0 Å². The average molecular weight is 386 g/mol. The van der Waals surface area contributed by atoms with Crippen molar-refractivity contribution in [2.45, 2.75) is 51.9 Å². The van der Waals surface area contributed by atoms with Crippen LogP contribution in [0.5, 0.6) is 0 Å². The van der Waals surface area contributed by atoms with Crippen LogP contribution in [0.1, 0.15) is 61.5 Å². The fraction of sp³-hybridized carbons (Fsp3) is 0.571. The Morgan fingerprint density at radius 2 is 2.00 bits per heavy atom. The summed E-state index contributed by atoms with van der Waals surface area (Å²) in [6.45, 7) is 2.07. The number of carbonyl (C=O) groups is 1. The summed E-state index contributed by atoms with van der Waals surface area (Å²) in [7, 11) is 0. The van der Waals surface area contributed by atoms with Crippen LogP contribution in [0, 0.1) is 16.7 Å². The van der Waals surface area contributed by atoms with E-state index in [1.807, 2.05) is 12.3 Å². The van der Waals surface area contributed by atoms with Gasteiger partial charge in [-0.15, -0.1) is 0 Å². The number of halogens is 1. The first-order valence-electron chi connectivity index (χ1n) is 9.98. The van der Waals surface area contributed by atoms with Gasteiger partial charge in [-0.2, -0.15) is 5.10 Å². The zero-order valence-corrected chi connectivity index (χ0v) is 16.3. The van der Waals surface area contributed by atoms with Crippen LogP contribution in [0.3, 0.4) is 0 Å². The van der Waals surface area contributed by atoms with Crippen molar-refractivity contribution in [3.63, 3.8) is 0 Å². The van der Waals surface area contributed by atoms with Gasteiger partial charge in [-0.05, 0) is 86.8 Å². The molecule has 6 heteroatoms. The van der Waals surface area contributed by atoms with Gasteiger partial charge in [0.05, 0.1) is 17.9 Å². The molecular formula is C21H24ClN3O2. The summed E-state index contributed by atoms with van der Waals surface area (Å²) in [6, 6.07) is 5.43. The minimum absolute atomic E-state index is 0.140. The summed E-state index contributed by atoms with van der Waals surface area (Å²) in [6.07, 6.45) is 11.4. The Kier molecular flexibility index (Phi) is 3.87. The molecule has 5 nitrogen and oxygen atoms in total. The molecule has 3 saturated carbocycles. The molecule has 2 aromatic heterocycles. The highest BCUT2D eigenvalue weighted by Crippen LogP contribution is 2.93. The normalized spacial score (nSPS) is 20.8. The van der Waals surface area contributed by atoms with E-state index in [-0.39, 0.29) is 10.7 Å². The summed E-state index contributed by atoms with van der Waals surface area (Å²) in [5.74, 6) is 1.16. The molecule has 3 aliphatic carbocycles. The van der Waals surface area contributed by atoms with Gasteiger partial charge in [-0.1, -0.05) is 11.6 Å². The largest absolute Gasteiger partial charge is 0.462 e. The summed E-state index contributed by atoms with van der Waals surface area (Å²) < 4.78 is 6.70. The Bertz CT molecular complexity index is 881. The maximum atomic E-state index is 11.8. The lowest BCUT2D eigenvalue weighted by Gasteiger charge is -2.06. The van der Waals surface area contributed by atoms with E-state index in [9.17, 15) is 4.79 Å². The number of nitrogens with zero attached hydrogens (tertiary/aromatic N) is 3. The van der Waals surface area contributed by atoms with Gasteiger partial charge in [0.1, 0.15) is 5.15 Å². The van der Waals surface area contributed by atoms with Crippen molar-refractivity contribution in [2.24, 2.45) is 16.7 Å². The highest BCUT2D eigenvalue weighted by atomic mass is 35.5. The van der Waals surface area contributed by atoms with Crippen molar-refractivity contribution in [3.8, 4) is 5.82 Å². The number of hydrogen-bond acceptors (Lipinski definition) is 4. The average Bonchev–Trinajstić information content (AvgIpc) is 3.60. The molecule has 142 valence electrons. The molecule has 0 atom stereocenters. The first kappa shape index (κ1) is 17.2. The number of aryl methyl sites for hydroxylation is 1. The van der Waals surface area contributed by atoms with Crippen molar-refractivity contribution >= 4 is 17.6 Å². The quantitative estimate of drug-likeness (QED) is 0.515. The molecule has 0 unspecified atom stereocenters. The van der Waals surface area contributed by atoms with Crippen molar-refractivity contribution in [2.75, 3.05) is 6.61 Å². The van der Waals surface area contributed by atoms with Crippen molar-refractivity contribution in [3.05, 3.63) is 40.8 Å². The Labute approximate surface area is 164 Å². The topological polar surface area (TPSA) is 57.0 Å². The van der Waals surface area contributed by atoms with E-state index in [2.05, 4.69) is 10.1 Å². The Balaban J connectivity index is 1.20. The molecule has 0 bridgehead atoms. The lowest BCUT2D eigenvalue weighted by atomic mass is 10.1. The van der Waals surface area contributed by atoms with E-state index in [0.29, 0.717) is 12.4 Å². The fourth-order valence-electron chi connectivity index (χ4n) is 5.38. The zero-order chi connectivity index (χ0) is 18.6. The van der Waals surface area contributed by atoms with Gasteiger partial charge in [-0.25, -0.2) is 14.5 Å². The highest BCUT2D eigenvalue weighted by molar-refractivity contribution is 6.32. The smallest absolute Gasteiger partial charge is 0.341 e. The molecule has 3 aliphatic rings. The molecule has 5 rings (SSSR count). The Hall–Kier alpha value is -1.88. The molecule has 0 aromatic carbocycles. The first-order chi connectivity index (χ1) is 13.1. The van der Waals surface area contributed by atoms with E-state index in [1.54, 1.807) is 23.7 Å². The van der Waals surface area contributed by atoms with Gasteiger partial charge in [0.15, 0.2) is 5.82 Å². The third-order valence-corrected chi connectivity index (χ3v) is 7.24. The standard InChI is InChI=1S/C21H24ClN3O2/c1-2-27-19(26)15-6-7-17(23-18(15)22)25-13-8-14(24-25)4-3-5-16-20(9-10-20)21(16)11-12-21/h6-8,13,16H,2-5,9-12H2,1H3. The van der Waals surface area contributed by atoms with E-state index < -0.39 is 5.97 Å². The van der Waals surface area contributed by atoms with Gasteiger partial charge in [-0.3, -0.25) is 0 Å². The third-order valence-electron chi connectivity index (χ3n) is 6.95. The second kappa shape index (κ2) is 6.06. The summed E-state index contributed by atoms with van der Waals surface area (Å²) in [5, 5.41) is 4.77. The van der Waals surface area contributed by atoms with Crippen molar-refractivity contribution in [1.82, 2.24) is 14.8 Å². The molecule has 27 heavy (non-hydrogen) atoms. The van der Waals surface area contributed by atoms with Crippen LogP contribution in [0.15, 0.2) is 24.4 Å². The van der Waals surface area contributed by atoms with Crippen LogP contribution in [-0.2, 0) is 11.2 Å². The molecule has 0 radical (unpaired) electrons. The maximum Gasteiger partial charge on any atom is 0.341 e. The van der Waals surface area contributed by atoms with Crippen LogP contribution >= 0.6 is 11.6 Å². The van der Waals surface area contributed by atoms with E-state index in [0.717, 1.165) is 28.9 Å². The molecule has 3 fully saturated rings. The SMILES string of the molecule is CCOC(=O)c1ccc(-n2ccc(CCCC3C4(CC4)C34CC4)n2)nc1Cl. The van der Waals surface area contributed by atoms with Gasteiger partial charge in [0, 0.05) is 6.20 Å². The number of rotatable bonds is 7. The number of fused-ring (bicyclic) bond motifs is 1. The van der Waals surface area contributed by atoms with Gasteiger partial charge < -0.3 is 4.74 Å². The second-order valence-corrected chi connectivity index (χ2v) is 8.60. The number of pyridine rings is 1.